The summed E-state index contributed by atoms with van der Waals surface area (Å²) in [6, 6.07) is 5.14. The van der Waals surface area contributed by atoms with Crippen LogP contribution in [0.3, 0.4) is 0 Å². The van der Waals surface area contributed by atoms with Gasteiger partial charge < -0.3 is 4.90 Å². The van der Waals surface area contributed by atoms with Gasteiger partial charge in [-0.2, -0.15) is 22.6 Å². The van der Waals surface area contributed by atoms with Gasteiger partial charge in [0.1, 0.15) is 11.4 Å². The maximum Gasteiger partial charge on any atom is 0.435 e. The average molecular weight is 471 g/mol. The smallest absolute Gasteiger partial charge is 0.338 e. The molecule has 1 amide bonds. The zero-order chi connectivity index (χ0) is 21.4. The first-order valence-corrected chi connectivity index (χ1v) is 10.5. The molecule has 3 rings (SSSR count). The first kappa shape index (κ1) is 21.9. The van der Waals surface area contributed by atoms with E-state index in [0.29, 0.717) is 0 Å². The fourth-order valence-corrected chi connectivity index (χ4v) is 5.39. The number of hydrogen-bond acceptors (Lipinski definition) is 4. The van der Waals surface area contributed by atoms with Gasteiger partial charge in [-0.25, -0.2) is 8.42 Å². The lowest BCUT2D eigenvalue weighted by atomic mass is 10.3. The third-order valence-electron chi connectivity index (χ3n) is 4.34. The quantitative estimate of drug-likeness (QED) is 0.688. The van der Waals surface area contributed by atoms with Crippen LogP contribution in [0.1, 0.15) is 5.69 Å². The monoisotopic (exact) mass is 470 g/mol. The van der Waals surface area contributed by atoms with E-state index < -0.39 is 27.8 Å². The number of carbonyl (C=O) groups excluding carboxylic acids is 1. The fourth-order valence-electron chi connectivity index (χ4n) is 2.88. The van der Waals surface area contributed by atoms with Crippen LogP contribution in [0.4, 0.5) is 13.2 Å². The topological polar surface area (TPSA) is 75.5 Å². The van der Waals surface area contributed by atoms with Gasteiger partial charge in [0.25, 0.3) is 0 Å². The van der Waals surface area contributed by atoms with Gasteiger partial charge in [0.15, 0.2) is 5.69 Å². The highest BCUT2D eigenvalue weighted by Gasteiger charge is 2.35. The molecule has 0 spiro atoms. The number of hydrogen-bond donors (Lipinski definition) is 0. The molecular weight excluding hydrogens is 456 g/mol. The fraction of sp³-hybridized carbons (Fsp3) is 0.375. The lowest BCUT2D eigenvalue weighted by Gasteiger charge is -2.34. The van der Waals surface area contributed by atoms with E-state index in [1.807, 2.05) is 0 Å². The van der Waals surface area contributed by atoms with Crippen molar-refractivity contribution in [2.75, 3.05) is 26.2 Å². The van der Waals surface area contributed by atoms with Crippen molar-refractivity contribution >= 4 is 39.1 Å². The van der Waals surface area contributed by atoms with Crippen molar-refractivity contribution in [1.82, 2.24) is 19.0 Å². The predicted octanol–water partition coefficient (Wildman–Crippen LogP) is 2.74. The summed E-state index contributed by atoms with van der Waals surface area (Å²) in [5, 5.41) is 3.33. The van der Waals surface area contributed by atoms with Gasteiger partial charge in [0.2, 0.25) is 15.9 Å². The van der Waals surface area contributed by atoms with E-state index in [4.69, 9.17) is 23.2 Å². The lowest BCUT2D eigenvalue weighted by Crippen LogP contribution is -2.51. The third-order valence-corrected chi connectivity index (χ3v) is 7.19. The van der Waals surface area contributed by atoms with Crippen LogP contribution >= 0.6 is 23.2 Å². The summed E-state index contributed by atoms with van der Waals surface area (Å²) in [7, 11) is -3.96. The highest BCUT2D eigenvalue weighted by atomic mass is 35.5. The van der Waals surface area contributed by atoms with Gasteiger partial charge in [-0.1, -0.05) is 29.3 Å². The number of sulfonamides is 1. The number of carbonyl (C=O) groups is 1. The standard InChI is InChI=1S/C16H15Cl2F3N4O3S/c17-11-2-1-3-12(18)15(11)29(27,28)25-8-6-23(7-9-25)14(26)10-24-5-4-13(22-24)16(19,20)21/h1-5H,6-10H2. The Morgan fingerprint density at radius 3 is 2.17 bits per heavy atom. The molecule has 0 saturated carbocycles. The Morgan fingerprint density at radius 1 is 1.07 bits per heavy atom. The number of amides is 1. The van der Waals surface area contributed by atoms with Crippen LogP contribution in [0.5, 0.6) is 0 Å². The molecule has 1 saturated heterocycles. The van der Waals surface area contributed by atoms with E-state index in [1.165, 1.54) is 27.4 Å². The second kappa shape index (κ2) is 8.13. The molecule has 0 aliphatic carbocycles. The number of nitrogens with zero attached hydrogens (tertiary/aromatic N) is 4. The summed E-state index contributed by atoms with van der Waals surface area (Å²) in [5.41, 5.74) is -1.09. The highest BCUT2D eigenvalue weighted by molar-refractivity contribution is 7.89. The van der Waals surface area contributed by atoms with Gasteiger partial charge in [-0.05, 0) is 18.2 Å². The molecule has 29 heavy (non-hydrogen) atoms. The van der Waals surface area contributed by atoms with Crippen molar-refractivity contribution in [2.24, 2.45) is 0 Å². The minimum Gasteiger partial charge on any atom is -0.338 e. The van der Waals surface area contributed by atoms with Crippen molar-refractivity contribution in [3.8, 4) is 0 Å². The van der Waals surface area contributed by atoms with Crippen LogP contribution in [0.2, 0.25) is 10.0 Å². The molecular formula is C16H15Cl2F3N4O3S. The molecule has 2 aromatic rings. The van der Waals surface area contributed by atoms with Gasteiger partial charge in [-0.15, -0.1) is 0 Å². The van der Waals surface area contributed by atoms with Crippen LogP contribution in [-0.2, 0) is 27.5 Å². The maximum absolute atomic E-state index is 12.8. The third kappa shape index (κ3) is 4.68. The Balaban J connectivity index is 1.64. The van der Waals surface area contributed by atoms with Gasteiger partial charge in [0.05, 0.1) is 10.0 Å². The maximum atomic E-state index is 12.8. The molecule has 1 aliphatic rings. The highest BCUT2D eigenvalue weighted by Crippen LogP contribution is 2.32. The summed E-state index contributed by atoms with van der Waals surface area (Å²) >= 11 is 12.0. The molecule has 0 atom stereocenters. The van der Waals surface area contributed by atoms with E-state index >= 15 is 0 Å². The summed E-state index contributed by atoms with van der Waals surface area (Å²) in [6.45, 7) is -0.217. The van der Waals surface area contributed by atoms with Crippen molar-refractivity contribution < 1.29 is 26.4 Å². The summed E-state index contributed by atoms with van der Waals surface area (Å²) in [5.74, 6) is -0.463. The number of piperazine rings is 1. The van der Waals surface area contributed by atoms with Gasteiger partial charge >= 0.3 is 6.18 Å². The SMILES string of the molecule is O=C(Cn1ccc(C(F)(F)F)n1)N1CCN(S(=O)(=O)c2c(Cl)cccc2Cl)CC1. The van der Waals surface area contributed by atoms with Gasteiger partial charge in [-0.3, -0.25) is 9.48 Å². The second-order valence-electron chi connectivity index (χ2n) is 6.23. The van der Waals surface area contributed by atoms with Crippen molar-refractivity contribution in [1.29, 1.82) is 0 Å². The zero-order valence-corrected chi connectivity index (χ0v) is 17.1. The number of alkyl halides is 3. The van der Waals surface area contributed by atoms with E-state index in [-0.39, 0.29) is 47.7 Å². The van der Waals surface area contributed by atoms with Crippen LogP contribution in [0, 0.1) is 0 Å². The van der Waals surface area contributed by atoms with Crippen LogP contribution in [-0.4, -0.2) is 59.5 Å². The Morgan fingerprint density at radius 2 is 1.66 bits per heavy atom. The minimum absolute atomic E-state index is 0.00251. The Hall–Kier alpha value is -1.82. The molecule has 7 nitrogen and oxygen atoms in total. The molecule has 1 fully saturated rings. The first-order valence-electron chi connectivity index (χ1n) is 8.33. The number of benzene rings is 1. The lowest BCUT2D eigenvalue weighted by molar-refractivity contribution is -0.142. The predicted molar refractivity (Wildman–Crippen MR) is 99.0 cm³/mol. The molecule has 1 aromatic heterocycles. The van der Waals surface area contributed by atoms with Gasteiger partial charge in [0, 0.05) is 32.4 Å². The molecule has 0 unspecified atom stereocenters. The van der Waals surface area contributed by atoms with E-state index in [2.05, 4.69) is 5.10 Å². The second-order valence-corrected chi connectivity index (χ2v) is 8.92. The van der Waals surface area contributed by atoms with Crippen molar-refractivity contribution in [3.05, 3.63) is 46.2 Å². The molecule has 13 heteroatoms. The molecule has 2 heterocycles. The summed E-state index contributed by atoms with van der Waals surface area (Å²) < 4.78 is 65.5. The Bertz CT molecular complexity index is 998. The van der Waals surface area contributed by atoms with E-state index in [1.54, 1.807) is 0 Å². The molecule has 0 N–H and O–H groups in total. The Labute approximate surface area is 174 Å². The number of halogens is 5. The molecule has 0 radical (unpaired) electrons. The largest absolute Gasteiger partial charge is 0.435 e. The normalized spacial score (nSPS) is 16.2. The van der Waals surface area contributed by atoms with Crippen molar-refractivity contribution in [3.63, 3.8) is 0 Å². The van der Waals surface area contributed by atoms with Crippen LogP contribution in [0.25, 0.3) is 0 Å². The number of rotatable bonds is 4. The minimum atomic E-state index is -4.59. The number of aromatic nitrogens is 2. The average Bonchev–Trinajstić information content (AvgIpc) is 3.10. The summed E-state index contributed by atoms with van der Waals surface area (Å²) in [4.78, 5) is 13.5. The first-order chi connectivity index (χ1) is 13.5. The molecule has 1 aliphatic heterocycles. The molecule has 0 bridgehead atoms. The zero-order valence-electron chi connectivity index (χ0n) is 14.7. The Kier molecular flexibility index (Phi) is 6.13. The van der Waals surface area contributed by atoms with E-state index in [9.17, 15) is 26.4 Å². The summed E-state index contributed by atoms with van der Waals surface area (Å²) in [6.07, 6.45) is -3.52. The molecule has 158 valence electrons. The molecule has 1 aromatic carbocycles. The van der Waals surface area contributed by atoms with Crippen LogP contribution in [0.15, 0.2) is 35.4 Å². The van der Waals surface area contributed by atoms with E-state index in [0.717, 1.165) is 16.9 Å². The van der Waals surface area contributed by atoms with Crippen LogP contribution < -0.4 is 0 Å². The van der Waals surface area contributed by atoms with Crippen molar-refractivity contribution in [2.45, 2.75) is 17.6 Å².